The molecule has 7 nitrogen and oxygen atoms in total. The predicted molar refractivity (Wildman–Crippen MR) is 271 cm³/mol. The van der Waals surface area contributed by atoms with E-state index in [1.807, 2.05) is 0 Å². The number of hydrogen-bond acceptors (Lipinski definition) is 6. The maximum atomic E-state index is 13.0. The first kappa shape index (κ1) is 59.6. The number of benzene rings is 1. The van der Waals surface area contributed by atoms with Crippen LogP contribution in [0.4, 0.5) is 0 Å². The third-order valence-electron chi connectivity index (χ3n) is 12.5. The Balaban J connectivity index is 2.10. The van der Waals surface area contributed by atoms with Crippen LogP contribution in [-0.2, 0) is 19.6 Å². The Morgan fingerprint density at radius 1 is 0.406 bits per heavy atom. The highest BCUT2D eigenvalue weighted by atomic mass is 32.2. The van der Waals surface area contributed by atoms with E-state index < -0.39 is 27.0 Å². The van der Waals surface area contributed by atoms with Crippen LogP contribution in [0.3, 0.4) is 0 Å². The molecule has 1 rings (SSSR count). The minimum Gasteiger partial charge on any atom is -0.462 e. The van der Waals surface area contributed by atoms with E-state index in [1.165, 1.54) is 218 Å². The lowest BCUT2D eigenvalue weighted by Crippen LogP contribution is -2.16. The monoisotopic (exact) mass is 915 g/mol. The first-order chi connectivity index (χ1) is 31.3. The third kappa shape index (κ3) is 36.7. The number of rotatable bonds is 47. The van der Waals surface area contributed by atoms with Crippen molar-refractivity contribution < 1.29 is 32.0 Å². The Labute approximate surface area is 394 Å². The molecule has 0 saturated heterocycles. The zero-order valence-corrected chi connectivity index (χ0v) is 42.4. The summed E-state index contributed by atoms with van der Waals surface area (Å²) in [7, 11) is -4.57. The number of carbonyl (C=O) groups excluding carboxylic acids is 2. The van der Waals surface area contributed by atoms with Crippen molar-refractivity contribution in [2.75, 3.05) is 13.2 Å². The van der Waals surface area contributed by atoms with Gasteiger partial charge in [-0.25, -0.2) is 9.59 Å². The van der Waals surface area contributed by atoms with Crippen LogP contribution in [0.2, 0.25) is 0 Å². The van der Waals surface area contributed by atoms with Crippen molar-refractivity contribution in [1.29, 1.82) is 0 Å². The normalized spacial score (nSPS) is 11.9. The highest BCUT2D eigenvalue weighted by Crippen LogP contribution is 2.20. The van der Waals surface area contributed by atoms with Gasteiger partial charge in [-0.15, -0.1) is 0 Å². The molecule has 0 unspecified atom stereocenters. The fraction of sp³-hybridized carbons (Fsp3) is 0.786. The molecule has 0 atom stereocenters. The molecule has 64 heavy (non-hydrogen) atoms. The molecule has 0 heterocycles. The summed E-state index contributed by atoms with van der Waals surface area (Å²) in [5, 5.41) is 0. The van der Waals surface area contributed by atoms with Gasteiger partial charge in [-0.05, 0) is 82.4 Å². The van der Waals surface area contributed by atoms with E-state index in [2.05, 4.69) is 38.2 Å². The van der Waals surface area contributed by atoms with Crippen LogP contribution in [0.25, 0.3) is 0 Å². The van der Waals surface area contributed by atoms with Gasteiger partial charge in [0.2, 0.25) is 0 Å². The molecule has 0 aliphatic carbocycles. The van der Waals surface area contributed by atoms with E-state index in [9.17, 15) is 22.6 Å². The minimum atomic E-state index is -4.57. The van der Waals surface area contributed by atoms with Crippen molar-refractivity contribution >= 4 is 22.1 Å². The summed E-state index contributed by atoms with van der Waals surface area (Å²) in [6, 6.07) is 3.33. The fourth-order valence-corrected chi connectivity index (χ4v) is 8.84. The van der Waals surface area contributed by atoms with E-state index in [0.717, 1.165) is 50.7 Å². The number of carbonyl (C=O) groups is 2. The van der Waals surface area contributed by atoms with Gasteiger partial charge in [0.1, 0.15) is 0 Å². The van der Waals surface area contributed by atoms with Gasteiger partial charge in [0.15, 0.2) is 0 Å². The molecule has 8 heteroatoms. The van der Waals surface area contributed by atoms with E-state index in [0.29, 0.717) is 6.42 Å². The molecule has 1 aromatic carbocycles. The second-order valence-electron chi connectivity index (χ2n) is 18.6. The molecular formula is C56H98O7S. The van der Waals surface area contributed by atoms with Crippen LogP contribution >= 0.6 is 0 Å². The van der Waals surface area contributed by atoms with Gasteiger partial charge >= 0.3 is 11.9 Å². The lowest BCUT2D eigenvalue weighted by atomic mass is 10.0. The van der Waals surface area contributed by atoms with Gasteiger partial charge in [-0.3, -0.25) is 4.55 Å². The van der Waals surface area contributed by atoms with Crippen molar-refractivity contribution in [1.82, 2.24) is 0 Å². The second kappa shape index (κ2) is 44.4. The molecule has 0 spiro atoms. The first-order valence-electron chi connectivity index (χ1n) is 27.1. The first-order valence-corrected chi connectivity index (χ1v) is 28.5. The molecule has 0 saturated carbocycles. The van der Waals surface area contributed by atoms with Crippen molar-refractivity contribution in [2.45, 2.75) is 276 Å². The highest BCUT2D eigenvalue weighted by Gasteiger charge is 2.23. The highest BCUT2D eigenvalue weighted by molar-refractivity contribution is 7.85. The van der Waals surface area contributed by atoms with E-state index >= 15 is 0 Å². The average Bonchev–Trinajstić information content (AvgIpc) is 3.28. The van der Waals surface area contributed by atoms with Crippen LogP contribution in [0.15, 0.2) is 47.4 Å². The maximum Gasteiger partial charge on any atom is 0.339 e. The number of ether oxygens (including phenoxy) is 2. The fourth-order valence-electron chi connectivity index (χ4n) is 8.34. The van der Waals surface area contributed by atoms with Gasteiger partial charge in [-0.1, -0.05) is 231 Å². The molecule has 0 bridgehead atoms. The summed E-state index contributed by atoms with van der Waals surface area (Å²) in [5.74, 6) is -1.49. The molecule has 0 aliphatic heterocycles. The van der Waals surface area contributed by atoms with E-state index in [1.54, 1.807) is 0 Å². The van der Waals surface area contributed by atoms with E-state index in [4.69, 9.17) is 9.47 Å². The number of hydrogen-bond donors (Lipinski definition) is 1. The quantitative estimate of drug-likeness (QED) is 0.0300. The predicted octanol–water partition coefficient (Wildman–Crippen LogP) is 18.0. The summed E-state index contributed by atoms with van der Waals surface area (Å²) in [6.07, 6.45) is 59.6. The van der Waals surface area contributed by atoms with Crippen LogP contribution in [0.5, 0.6) is 0 Å². The standard InChI is InChI=1S/C56H98O7S/c1-3-5-7-9-11-13-15-17-19-21-23-25-27-29-31-33-35-37-39-41-43-45-49-62-55(57)53-48-47-52(64(59,60)61)51-54(53)56(58)63-50-46-44-42-40-38-36-34-32-30-28-26-24-22-20-18-16-14-12-10-8-6-4-2/h15-18,47-48,51H,3-14,19-46,49-50H2,1-2H3,(H,59,60,61)/b17-15+,18-16+. The summed E-state index contributed by atoms with van der Waals surface area (Å²) >= 11 is 0. The average molecular weight is 915 g/mol. The summed E-state index contributed by atoms with van der Waals surface area (Å²) in [4.78, 5) is 25.5. The van der Waals surface area contributed by atoms with Gasteiger partial charge in [-0.2, -0.15) is 8.42 Å². The lowest BCUT2D eigenvalue weighted by molar-refractivity contribution is 0.0450. The van der Waals surface area contributed by atoms with Crippen LogP contribution < -0.4 is 0 Å². The summed E-state index contributed by atoms with van der Waals surface area (Å²) in [6.45, 7) is 4.93. The molecule has 0 fully saturated rings. The molecule has 370 valence electrons. The molecule has 1 N–H and O–H groups in total. The van der Waals surface area contributed by atoms with Gasteiger partial charge < -0.3 is 9.47 Å². The van der Waals surface area contributed by atoms with Gasteiger partial charge in [0.25, 0.3) is 10.1 Å². The van der Waals surface area contributed by atoms with E-state index in [-0.39, 0.29) is 24.3 Å². The Hall–Kier alpha value is -2.45. The summed E-state index contributed by atoms with van der Waals surface area (Å²) in [5.41, 5.74) is -0.262. The van der Waals surface area contributed by atoms with Crippen LogP contribution in [0, 0.1) is 0 Å². The Morgan fingerprint density at radius 3 is 0.969 bits per heavy atom. The zero-order valence-electron chi connectivity index (χ0n) is 41.5. The lowest BCUT2D eigenvalue weighted by Gasteiger charge is -2.11. The smallest absolute Gasteiger partial charge is 0.339 e. The maximum absolute atomic E-state index is 13.0. The van der Waals surface area contributed by atoms with Crippen molar-refractivity contribution in [2.24, 2.45) is 0 Å². The van der Waals surface area contributed by atoms with Crippen molar-refractivity contribution in [3.8, 4) is 0 Å². The SMILES string of the molecule is CCCCCCC/C=C/CCCCCCCCCCCCCCCOC(=O)c1ccc(S(=O)(=O)O)cc1C(=O)OCCCCCCCCCCCCCCC/C=C/CCCCCCC. The van der Waals surface area contributed by atoms with Crippen molar-refractivity contribution in [3.63, 3.8) is 0 Å². The third-order valence-corrected chi connectivity index (χ3v) is 13.4. The Morgan fingerprint density at radius 2 is 0.672 bits per heavy atom. The largest absolute Gasteiger partial charge is 0.462 e. The topological polar surface area (TPSA) is 107 Å². The molecule has 0 aromatic heterocycles. The molecule has 1 aromatic rings. The van der Waals surface area contributed by atoms with Crippen molar-refractivity contribution in [3.05, 3.63) is 53.6 Å². The zero-order chi connectivity index (χ0) is 46.4. The van der Waals surface area contributed by atoms with Crippen LogP contribution in [0.1, 0.15) is 291 Å². The Bertz CT molecular complexity index is 1400. The Kier molecular flexibility index (Phi) is 41.3. The second-order valence-corrected chi connectivity index (χ2v) is 20.0. The number of allylic oxidation sites excluding steroid dienone is 4. The molecule has 0 radical (unpaired) electrons. The van der Waals surface area contributed by atoms with Gasteiger partial charge in [0.05, 0.1) is 29.2 Å². The number of unbranched alkanes of at least 4 members (excludes halogenated alkanes) is 36. The summed E-state index contributed by atoms with van der Waals surface area (Å²) < 4.78 is 44.2. The molecule has 0 amide bonds. The van der Waals surface area contributed by atoms with Gasteiger partial charge in [0, 0.05) is 0 Å². The minimum absolute atomic E-state index is 0.0557. The number of esters is 2. The molecule has 0 aliphatic rings. The van der Waals surface area contributed by atoms with Crippen LogP contribution in [-0.4, -0.2) is 38.1 Å². The molecular weight excluding hydrogens is 817 g/mol.